The molecule has 0 N–H and O–H groups in total. The van der Waals surface area contributed by atoms with Crippen molar-refractivity contribution in [2.75, 3.05) is 13.2 Å². The summed E-state index contributed by atoms with van der Waals surface area (Å²) in [5.74, 6) is 3.04. The van der Waals surface area contributed by atoms with E-state index in [-0.39, 0.29) is 6.10 Å². The molecule has 6 heteroatoms. The average molecular weight is 300 g/mol. The molecule has 2 aromatic rings. The topological polar surface area (TPSA) is 62.1 Å². The van der Waals surface area contributed by atoms with Crippen LogP contribution in [0.25, 0.3) is 5.82 Å². The lowest BCUT2D eigenvalue weighted by atomic mass is 10.2. The van der Waals surface area contributed by atoms with E-state index in [0.29, 0.717) is 19.1 Å². The van der Waals surface area contributed by atoms with Crippen LogP contribution in [0.15, 0.2) is 24.4 Å². The minimum atomic E-state index is 0.231. The van der Waals surface area contributed by atoms with Crippen LogP contribution in [0.2, 0.25) is 0 Å². The fraction of sp³-hybridized carbons (Fsp3) is 0.562. The minimum absolute atomic E-state index is 0.231. The molecule has 0 spiro atoms. The van der Waals surface area contributed by atoms with Crippen LogP contribution in [0, 0.1) is 0 Å². The van der Waals surface area contributed by atoms with Crippen molar-refractivity contribution in [2.24, 2.45) is 0 Å². The van der Waals surface area contributed by atoms with Crippen LogP contribution in [-0.4, -0.2) is 39.1 Å². The highest BCUT2D eigenvalue weighted by Gasteiger charge is 2.29. The highest BCUT2D eigenvalue weighted by molar-refractivity contribution is 5.22. The summed E-state index contributed by atoms with van der Waals surface area (Å²) >= 11 is 0. The second-order valence-electron chi connectivity index (χ2n) is 5.91. The molecule has 1 saturated carbocycles. The predicted molar refractivity (Wildman–Crippen MR) is 79.8 cm³/mol. The van der Waals surface area contributed by atoms with Gasteiger partial charge in [0.1, 0.15) is 6.61 Å². The van der Waals surface area contributed by atoms with Crippen molar-refractivity contribution < 1.29 is 9.47 Å². The lowest BCUT2D eigenvalue weighted by Crippen LogP contribution is -2.15. The Labute approximate surface area is 129 Å². The monoisotopic (exact) mass is 300 g/mol. The van der Waals surface area contributed by atoms with E-state index in [2.05, 4.69) is 15.1 Å². The first-order valence-electron chi connectivity index (χ1n) is 7.97. The Kier molecular flexibility index (Phi) is 3.86. The van der Waals surface area contributed by atoms with Gasteiger partial charge in [-0.25, -0.2) is 9.97 Å². The van der Waals surface area contributed by atoms with Gasteiger partial charge in [-0.1, -0.05) is 6.07 Å². The molecule has 1 aliphatic carbocycles. The maximum absolute atomic E-state index is 5.80. The van der Waals surface area contributed by atoms with Gasteiger partial charge in [-0.3, -0.25) is 0 Å². The standard InChI is InChI=1S/C16H20N4O2/c1-2-8-17-14(5-1)20-15(18-16(19-20)12-6-7-12)11-21-10-13-4-3-9-22-13/h1-2,5,8,12-13H,3-4,6-7,9-11H2/t13-/m0/s1. The van der Waals surface area contributed by atoms with Gasteiger partial charge in [0.25, 0.3) is 0 Å². The molecule has 4 rings (SSSR count). The van der Waals surface area contributed by atoms with Gasteiger partial charge in [-0.2, -0.15) is 4.68 Å². The van der Waals surface area contributed by atoms with Crippen molar-refractivity contribution in [2.45, 2.75) is 44.3 Å². The zero-order chi connectivity index (χ0) is 14.8. The van der Waals surface area contributed by atoms with Crippen LogP contribution in [0.4, 0.5) is 0 Å². The lowest BCUT2D eigenvalue weighted by molar-refractivity contribution is 0.00814. The summed E-state index contributed by atoms with van der Waals surface area (Å²) in [6, 6.07) is 5.79. The molecule has 0 radical (unpaired) electrons. The van der Waals surface area contributed by atoms with E-state index in [1.54, 1.807) is 6.20 Å². The van der Waals surface area contributed by atoms with Crippen LogP contribution in [-0.2, 0) is 16.1 Å². The molecule has 0 amide bonds. The largest absolute Gasteiger partial charge is 0.376 e. The highest BCUT2D eigenvalue weighted by Crippen LogP contribution is 2.38. The molecule has 2 aliphatic rings. The number of nitrogens with zero attached hydrogens (tertiary/aromatic N) is 4. The first kappa shape index (κ1) is 13.8. The number of hydrogen-bond donors (Lipinski definition) is 0. The summed E-state index contributed by atoms with van der Waals surface area (Å²) in [4.78, 5) is 9.03. The first-order chi connectivity index (χ1) is 10.9. The lowest BCUT2D eigenvalue weighted by Gasteiger charge is -2.10. The molecule has 1 aliphatic heterocycles. The Morgan fingerprint density at radius 1 is 1.27 bits per heavy atom. The quantitative estimate of drug-likeness (QED) is 0.818. The maximum Gasteiger partial charge on any atom is 0.160 e. The van der Waals surface area contributed by atoms with Gasteiger partial charge in [0, 0.05) is 18.7 Å². The fourth-order valence-electron chi connectivity index (χ4n) is 2.69. The molecule has 0 aromatic carbocycles. The van der Waals surface area contributed by atoms with Gasteiger partial charge in [0.05, 0.1) is 12.7 Å². The minimum Gasteiger partial charge on any atom is -0.376 e. The second kappa shape index (κ2) is 6.14. The molecule has 2 fully saturated rings. The number of rotatable bonds is 6. The van der Waals surface area contributed by atoms with Crippen LogP contribution >= 0.6 is 0 Å². The van der Waals surface area contributed by atoms with Gasteiger partial charge in [0.15, 0.2) is 17.5 Å². The van der Waals surface area contributed by atoms with E-state index in [1.165, 1.54) is 12.8 Å². The normalized spacial score (nSPS) is 21.4. The van der Waals surface area contributed by atoms with Crippen LogP contribution in [0.3, 0.4) is 0 Å². The summed E-state index contributed by atoms with van der Waals surface area (Å²) in [6.07, 6.45) is 6.58. The van der Waals surface area contributed by atoms with Crippen molar-refractivity contribution in [1.29, 1.82) is 0 Å². The van der Waals surface area contributed by atoms with E-state index in [1.807, 2.05) is 22.9 Å². The van der Waals surface area contributed by atoms with Crippen LogP contribution in [0.5, 0.6) is 0 Å². The van der Waals surface area contributed by atoms with Gasteiger partial charge < -0.3 is 9.47 Å². The van der Waals surface area contributed by atoms with Crippen molar-refractivity contribution in [3.8, 4) is 5.82 Å². The molecule has 1 saturated heterocycles. The van der Waals surface area contributed by atoms with E-state index in [0.717, 1.165) is 36.9 Å². The summed E-state index contributed by atoms with van der Waals surface area (Å²) in [5, 5.41) is 4.62. The molecule has 3 heterocycles. The summed E-state index contributed by atoms with van der Waals surface area (Å²) in [6.45, 7) is 1.91. The third kappa shape index (κ3) is 3.03. The Morgan fingerprint density at radius 2 is 2.23 bits per heavy atom. The molecule has 6 nitrogen and oxygen atoms in total. The molecular weight excluding hydrogens is 280 g/mol. The molecule has 2 aromatic heterocycles. The van der Waals surface area contributed by atoms with Crippen molar-refractivity contribution in [3.05, 3.63) is 36.0 Å². The van der Waals surface area contributed by atoms with Gasteiger partial charge in [-0.05, 0) is 37.8 Å². The number of aromatic nitrogens is 4. The fourth-order valence-corrected chi connectivity index (χ4v) is 2.69. The molecular formula is C16H20N4O2. The van der Waals surface area contributed by atoms with Crippen molar-refractivity contribution in [3.63, 3.8) is 0 Å². The summed E-state index contributed by atoms with van der Waals surface area (Å²) in [7, 11) is 0. The number of hydrogen-bond acceptors (Lipinski definition) is 5. The zero-order valence-electron chi connectivity index (χ0n) is 12.5. The smallest absolute Gasteiger partial charge is 0.160 e. The Hall–Kier alpha value is -1.79. The molecule has 22 heavy (non-hydrogen) atoms. The van der Waals surface area contributed by atoms with E-state index in [4.69, 9.17) is 9.47 Å². The molecule has 1 atom stereocenters. The average Bonchev–Trinajstić information content (AvgIpc) is 3.11. The molecule has 0 bridgehead atoms. The first-order valence-corrected chi connectivity index (χ1v) is 7.97. The zero-order valence-corrected chi connectivity index (χ0v) is 12.5. The van der Waals surface area contributed by atoms with Crippen LogP contribution < -0.4 is 0 Å². The number of pyridine rings is 1. The Bertz CT molecular complexity index is 618. The van der Waals surface area contributed by atoms with Gasteiger partial charge in [-0.15, -0.1) is 5.10 Å². The van der Waals surface area contributed by atoms with E-state index < -0.39 is 0 Å². The Morgan fingerprint density at radius 3 is 2.95 bits per heavy atom. The third-order valence-electron chi connectivity index (χ3n) is 4.06. The predicted octanol–water partition coefficient (Wildman–Crippen LogP) is 2.24. The van der Waals surface area contributed by atoms with Gasteiger partial charge in [0.2, 0.25) is 0 Å². The van der Waals surface area contributed by atoms with Crippen molar-refractivity contribution >= 4 is 0 Å². The molecule has 0 unspecified atom stereocenters. The summed E-state index contributed by atoms with van der Waals surface area (Å²) < 4.78 is 13.2. The third-order valence-corrected chi connectivity index (χ3v) is 4.06. The van der Waals surface area contributed by atoms with E-state index >= 15 is 0 Å². The van der Waals surface area contributed by atoms with Gasteiger partial charge >= 0.3 is 0 Å². The van der Waals surface area contributed by atoms with Crippen molar-refractivity contribution in [1.82, 2.24) is 19.7 Å². The Balaban J connectivity index is 1.49. The van der Waals surface area contributed by atoms with Crippen LogP contribution in [0.1, 0.15) is 43.3 Å². The SMILES string of the molecule is c1ccc(-n2nc(C3CC3)nc2COC[C@@H]2CCCO2)nc1. The molecule has 116 valence electrons. The maximum atomic E-state index is 5.80. The highest BCUT2D eigenvalue weighted by atomic mass is 16.5. The second-order valence-corrected chi connectivity index (χ2v) is 5.91. The van der Waals surface area contributed by atoms with E-state index in [9.17, 15) is 0 Å². The summed E-state index contributed by atoms with van der Waals surface area (Å²) in [5.41, 5.74) is 0. The number of ether oxygens (including phenoxy) is 2.